The first-order chi connectivity index (χ1) is 8.17. The highest BCUT2D eigenvalue weighted by atomic mass is 16.5. The number of carbonyl (C=O) groups excluding carboxylic acids is 1. The van der Waals surface area contributed by atoms with Crippen molar-refractivity contribution in [3.05, 3.63) is 0 Å². The van der Waals surface area contributed by atoms with Gasteiger partial charge in [-0.3, -0.25) is 9.69 Å². The van der Waals surface area contributed by atoms with Crippen LogP contribution in [-0.2, 0) is 9.53 Å². The lowest BCUT2D eigenvalue weighted by Crippen LogP contribution is -2.49. The summed E-state index contributed by atoms with van der Waals surface area (Å²) < 4.78 is 4.89. The topological polar surface area (TPSA) is 67.6 Å². The fourth-order valence-electron chi connectivity index (χ4n) is 2.25. The smallest absolute Gasteiger partial charge is 0.234 e. The number of ether oxygens (including phenoxy) is 1. The van der Waals surface area contributed by atoms with E-state index >= 15 is 0 Å². The van der Waals surface area contributed by atoms with Crippen LogP contribution in [0.25, 0.3) is 0 Å². The van der Waals surface area contributed by atoms with Gasteiger partial charge in [-0.05, 0) is 12.3 Å². The van der Waals surface area contributed by atoms with Gasteiger partial charge in [-0.1, -0.05) is 13.3 Å². The molecular formula is C12H25N3O2. The molecule has 0 aliphatic carbocycles. The number of amides is 1. The molecule has 3 N–H and O–H groups in total. The maximum atomic E-state index is 11.6. The molecule has 1 heterocycles. The van der Waals surface area contributed by atoms with Crippen LogP contribution >= 0.6 is 0 Å². The van der Waals surface area contributed by atoms with Crippen LogP contribution < -0.4 is 11.1 Å². The molecule has 1 amide bonds. The summed E-state index contributed by atoms with van der Waals surface area (Å²) in [5.41, 5.74) is 6.04. The number of rotatable bonds is 6. The highest BCUT2D eigenvalue weighted by Crippen LogP contribution is 2.17. The van der Waals surface area contributed by atoms with Gasteiger partial charge < -0.3 is 15.8 Å². The van der Waals surface area contributed by atoms with E-state index in [0.717, 1.165) is 25.9 Å². The van der Waals surface area contributed by atoms with Crippen molar-refractivity contribution in [2.24, 2.45) is 11.7 Å². The molecule has 0 spiro atoms. The van der Waals surface area contributed by atoms with Gasteiger partial charge in [0.15, 0.2) is 0 Å². The minimum Gasteiger partial charge on any atom is -0.383 e. The van der Waals surface area contributed by atoms with Crippen LogP contribution in [0, 0.1) is 5.92 Å². The first-order valence-corrected chi connectivity index (χ1v) is 6.41. The van der Waals surface area contributed by atoms with Gasteiger partial charge in [0, 0.05) is 32.8 Å². The second-order valence-electron chi connectivity index (χ2n) is 4.70. The molecule has 1 rings (SSSR count). The molecule has 17 heavy (non-hydrogen) atoms. The lowest BCUT2D eigenvalue weighted by molar-refractivity contribution is -0.122. The van der Waals surface area contributed by atoms with Crippen LogP contribution in [0.5, 0.6) is 0 Å². The van der Waals surface area contributed by atoms with Crippen LogP contribution in [0.15, 0.2) is 0 Å². The van der Waals surface area contributed by atoms with Crippen molar-refractivity contribution in [1.29, 1.82) is 0 Å². The van der Waals surface area contributed by atoms with E-state index in [1.807, 2.05) is 0 Å². The van der Waals surface area contributed by atoms with E-state index in [-0.39, 0.29) is 5.91 Å². The third kappa shape index (κ3) is 5.02. The minimum absolute atomic E-state index is 0.0763. The normalized spacial score (nSPS) is 25.8. The number of hydrogen-bond acceptors (Lipinski definition) is 4. The molecular weight excluding hydrogens is 218 g/mol. The maximum absolute atomic E-state index is 11.6. The quantitative estimate of drug-likeness (QED) is 0.634. The molecule has 5 heteroatoms. The number of hydrogen-bond donors (Lipinski definition) is 2. The third-order valence-electron chi connectivity index (χ3n) is 3.40. The monoisotopic (exact) mass is 243 g/mol. The van der Waals surface area contributed by atoms with Gasteiger partial charge in [-0.2, -0.15) is 0 Å². The first kappa shape index (κ1) is 14.4. The standard InChI is InChI=1S/C12H25N3O2/c1-3-10-8-15(6-4-11(10)13)9-12(16)14-5-7-17-2/h10-11H,3-9,13H2,1-2H3,(H,14,16). The molecule has 0 saturated carbocycles. The number of piperidine rings is 1. The van der Waals surface area contributed by atoms with E-state index in [9.17, 15) is 4.79 Å². The SMILES string of the molecule is CCC1CN(CC(=O)NCCOC)CCC1N. The molecule has 5 nitrogen and oxygen atoms in total. The molecule has 100 valence electrons. The summed E-state index contributed by atoms with van der Waals surface area (Å²) in [5.74, 6) is 0.600. The van der Waals surface area contributed by atoms with Gasteiger partial charge in [0.2, 0.25) is 5.91 Å². The Labute approximate surface area is 104 Å². The molecule has 0 aromatic rings. The highest BCUT2D eigenvalue weighted by molar-refractivity contribution is 5.77. The van der Waals surface area contributed by atoms with Crippen LogP contribution in [0.1, 0.15) is 19.8 Å². The summed E-state index contributed by atoms with van der Waals surface area (Å²) in [6.45, 7) is 5.65. The molecule has 0 aromatic carbocycles. The predicted octanol–water partition coefficient (Wildman–Crippen LogP) is -0.192. The molecule has 1 saturated heterocycles. The largest absolute Gasteiger partial charge is 0.383 e. The summed E-state index contributed by atoms with van der Waals surface area (Å²) in [4.78, 5) is 13.8. The average molecular weight is 243 g/mol. The van der Waals surface area contributed by atoms with E-state index in [1.54, 1.807) is 7.11 Å². The average Bonchev–Trinajstić information content (AvgIpc) is 2.32. The fourth-order valence-corrected chi connectivity index (χ4v) is 2.25. The number of likely N-dealkylation sites (tertiary alicyclic amines) is 1. The summed E-state index contributed by atoms with van der Waals surface area (Å²) in [6, 6.07) is 0.299. The molecule has 1 aliphatic heterocycles. The Kier molecular flexibility index (Phi) is 6.47. The summed E-state index contributed by atoms with van der Waals surface area (Å²) >= 11 is 0. The van der Waals surface area contributed by atoms with Crippen molar-refractivity contribution in [2.45, 2.75) is 25.8 Å². The van der Waals surface area contributed by atoms with Crippen molar-refractivity contribution in [1.82, 2.24) is 10.2 Å². The number of nitrogens with one attached hydrogen (secondary N) is 1. The number of methoxy groups -OCH3 is 1. The van der Waals surface area contributed by atoms with E-state index in [4.69, 9.17) is 10.5 Å². The van der Waals surface area contributed by atoms with Crippen molar-refractivity contribution < 1.29 is 9.53 Å². The van der Waals surface area contributed by atoms with Gasteiger partial charge in [0.25, 0.3) is 0 Å². The molecule has 2 atom stereocenters. The summed E-state index contributed by atoms with van der Waals surface area (Å²) in [7, 11) is 1.63. The van der Waals surface area contributed by atoms with E-state index < -0.39 is 0 Å². The Balaban J connectivity index is 2.24. The van der Waals surface area contributed by atoms with Crippen molar-refractivity contribution in [3.8, 4) is 0 Å². The Morgan fingerprint density at radius 2 is 2.35 bits per heavy atom. The zero-order valence-corrected chi connectivity index (χ0v) is 10.9. The zero-order valence-electron chi connectivity index (χ0n) is 10.9. The van der Waals surface area contributed by atoms with Crippen LogP contribution in [0.3, 0.4) is 0 Å². The third-order valence-corrected chi connectivity index (χ3v) is 3.40. The maximum Gasteiger partial charge on any atom is 0.234 e. The Morgan fingerprint density at radius 3 is 3.00 bits per heavy atom. The second-order valence-corrected chi connectivity index (χ2v) is 4.70. The zero-order chi connectivity index (χ0) is 12.7. The minimum atomic E-state index is 0.0763. The van der Waals surface area contributed by atoms with Gasteiger partial charge in [-0.15, -0.1) is 0 Å². The molecule has 2 unspecified atom stereocenters. The molecule has 0 radical (unpaired) electrons. The Bertz CT molecular complexity index is 236. The molecule has 1 aliphatic rings. The summed E-state index contributed by atoms with van der Waals surface area (Å²) in [5, 5.41) is 2.84. The molecule has 0 bridgehead atoms. The van der Waals surface area contributed by atoms with Crippen molar-refractivity contribution >= 4 is 5.91 Å². The highest BCUT2D eigenvalue weighted by Gasteiger charge is 2.25. The van der Waals surface area contributed by atoms with Crippen LogP contribution in [-0.4, -0.2) is 56.7 Å². The van der Waals surface area contributed by atoms with Crippen LogP contribution in [0.4, 0.5) is 0 Å². The number of nitrogens with zero attached hydrogens (tertiary/aromatic N) is 1. The van der Waals surface area contributed by atoms with E-state index in [1.165, 1.54) is 0 Å². The van der Waals surface area contributed by atoms with Crippen LogP contribution in [0.2, 0.25) is 0 Å². The fraction of sp³-hybridized carbons (Fsp3) is 0.917. The molecule has 1 fully saturated rings. The van der Waals surface area contributed by atoms with E-state index in [2.05, 4.69) is 17.1 Å². The Hall–Kier alpha value is -0.650. The van der Waals surface area contributed by atoms with Gasteiger partial charge >= 0.3 is 0 Å². The molecule has 0 aromatic heterocycles. The van der Waals surface area contributed by atoms with E-state index in [0.29, 0.717) is 31.7 Å². The lowest BCUT2D eigenvalue weighted by atomic mass is 9.91. The predicted molar refractivity (Wildman–Crippen MR) is 67.7 cm³/mol. The lowest BCUT2D eigenvalue weighted by Gasteiger charge is -2.36. The summed E-state index contributed by atoms with van der Waals surface area (Å²) in [6.07, 6.45) is 2.08. The van der Waals surface area contributed by atoms with Gasteiger partial charge in [0.05, 0.1) is 13.2 Å². The second kappa shape index (κ2) is 7.63. The number of nitrogens with two attached hydrogens (primary N) is 1. The Morgan fingerprint density at radius 1 is 1.59 bits per heavy atom. The first-order valence-electron chi connectivity index (χ1n) is 6.41. The van der Waals surface area contributed by atoms with Gasteiger partial charge in [0.1, 0.15) is 0 Å². The van der Waals surface area contributed by atoms with Crippen molar-refractivity contribution in [3.63, 3.8) is 0 Å². The van der Waals surface area contributed by atoms with Gasteiger partial charge in [-0.25, -0.2) is 0 Å². The van der Waals surface area contributed by atoms with Crippen molar-refractivity contribution in [2.75, 3.05) is 39.9 Å². The number of carbonyl (C=O) groups is 1.